The maximum Gasteiger partial charge on any atom is 0.181 e. The lowest BCUT2D eigenvalue weighted by Crippen LogP contribution is -1.99. The van der Waals surface area contributed by atoms with Crippen molar-refractivity contribution in [2.45, 2.75) is 0 Å². The van der Waals surface area contributed by atoms with Crippen molar-refractivity contribution < 1.29 is 0 Å². The van der Waals surface area contributed by atoms with Crippen molar-refractivity contribution in [3.63, 3.8) is 0 Å². The number of aromatic nitrogens is 5. The molecule has 0 amide bonds. The Hall–Kier alpha value is -1.98. The van der Waals surface area contributed by atoms with E-state index in [2.05, 4.69) is 20.3 Å². The second kappa shape index (κ2) is 2.81. The van der Waals surface area contributed by atoms with Crippen molar-refractivity contribution in [3.8, 4) is 11.5 Å². The van der Waals surface area contributed by atoms with E-state index >= 15 is 0 Å². The first kappa shape index (κ1) is 7.66. The Morgan fingerprint density at radius 1 is 1.46 bits per heavy atom. The molecule has 0 radical (unpaired) electrons. The molecule has 0 unspecified atom stereocenters. The number of anilines is 1. The molecule has 2 heterocycles. The summed E-state index contributed by atoms with van der Waals surface area (Å²) in [6, 6.07) is 1.63. The van der Waals surface area contributed by atoms with Gasteiger partial charge >= 0.3 is 0 Å². The summed E-state index contributed by atoms with van der Waals surface area (Å²) in [5.41, 5.74) is 6.26. The molecule has 2 N–H and O–H groups in total. The number of hydrogen-bond acceptors (Lipinski definition) is 5. The Kier molecular flexibility index (Phi) is 1.66. The second-order valence-corrected chi connectivity index (χ2v) is 2.55. The Morgan fingerprint density at radius 2 is 2.31 bits per heavy atom. The van der Waals surface area contributed by atoms with Gasteiger partial charge in [0, 0.05) is 13.2 Å². The highest BCUT2D eigenvalue weighted by atomic mass is 15.4. The van der Waals surface area contributed by atoms with Crippen LogP contribution >= 0.6 is 0 Å². The predicted octanol–water partition coefficient (Wildman–Crippen LogP) is -0.146. The molecule has 0 fully saturated rings. The molecule has 0 atom stereocenters. The molecule has 0 spiro atoms. The monoisotopic (exact) mass is 176 g/mol. The Balaban J connectivity index is 2.53. The average Bonchev–Trinajstić information content (AvgIpc) is 2.51. The second-order valence-electron chi connectivity index (χ2n) is 2.55. The number of hydrogen-bond donors (Lipinski definition) is 1. The lowest BCUT2D eigenvalue weighted by molar-refractivity contribution is 0.717. The zero-order valence-electron chi connectivity index (χ0n) is 7.05. The van der Waals surface area contributed by atoms with Crippen LogP contribution in [0, 0.1) is 0 Å². The zero-order valence-corrected chi connectivity index (χ0v) is 7.05. The topological polar surface area (TPSA) is 82.5 Å². The van der Waals surface area contributed by atoms with Crippen LogP contribution in [-0.2, 0) is 7.05 Å². The van der Waals surface area contributed by atoms with E-state index in [1.165, 1.54) is 0 Å². The standard InChI is InChI=1S/C7H8N6/c1-13-5(4-10-12-13)7-9-3-2-6(8)11-7/h2-4H,1H3,(H2,8,9,11). The van der Waals surface area contributed by atoms with Crippen LogP contribution in [0.5, 0.6) is 0 Å². The molecule has 0 saturated heterocycles. The summed E-state index contributed by atoms with van der Waals surface area (Å²) in [6.45, 7) is 0. The van der Waals surface area contributed by atoms with Crippen LogP contribution in [0.4, 0.5) is 5.82 Å². The highest BCUT2D eigenvalue weighted by Crippen LogP contribution is 2.11. The van der Waals surface area contributed by atoms with Gasteiger partial charge in [-0.2, -0.15) is 0 Å². The molecular formula is C7H8N6. The average molecular weight is 176 g/mol. The summed E-state index contributed by atoms with van der Waals surface area (Å²) in [5, 5.41) is 7.49. The van der Waals surface area contributed by atoms with Crippen molar-refractivity contribution in [1.82, 2.24) is 25.0 Å². The molecule has 6 heteroatoms. The van der Waals surface area contributed by atoms with Crippen LogP contribution in [0.25, 0.3) is 11.5 Å². The smallest absolute Gasteiger partial charge is 0.181 e. The molecule has 2 aromatic heterocycles. The van der Waals surface area contributed by atoms with E-state index in [9.17, 15) is 0 Å². The maximum atomic E-state index is 5.51. The Labute approximate surface area is 74.4 Å². The molecule has 0 aliphatic carbocycles. The fourth-order valence-corrected chi connectivity index (χ4v) is 0.988. The molecule has 0 aliphatic rings. The van der Waals surface area contributed by atoms with E-state index in [4.69, 9.17) is 5.73 Å². The van der Waals surface area contributed by atoms with Crippen LogP contribution in [0.15, 0.2) is 18.5 Å². The first-order chi connectivity index (χ1) is 6.27. The first-order valence-corrected chi connectivity index (χ1v) is 3.71. The molecule has 2 aromatic rings. The zero-order chi connectivity index (χ0) is 9.26. The van der Waals surface area contributed by atoms with Gasteiger partial charge in [0.25, 0.3) is 0 Å². The molecule has 0 bridgehead atoms. The molecule has 2 rings (SSSR count). The summed E-state index contributed by atoms with van der Waals surface area (Å²) in [7, 11) is 1.77. The minimum atomic E-state index is 0.436. The predicted molar refractivity (Wildman–Crippen MR) is 46.4 cm³/mol. The third-order valence-electron chi connectivity index (χ3n) is 1.62. The number of nitrogen functional groups attached to an aromatic ring is 1. The molecule has 0 aromatic carbocycles. The van der Waals surface area contributed by atoms with E-state index in [-0.39, 0.29) is 0 Å². The summed E-state index contributed by atoms with van der Waals surface area (Å²) < 4.78 is 1.59. The summed E-state index contributed by atoms with van der Waals surface area (Å²) in [5.74, 6) is 0.971. The van der Waals surface area contributed by atoms with Gasteiger partial charge in [0.15, 0.2) is 5.82 Å². The van der Waals surface area contributed by atoms with Crippen molar-refractivity contribution >= 4 is 5.82 Å². The number of nitrogens with zero attached hydrogens (tertiary/aromatic N) is 5. The van der Waals surface area contributed by atoms with Gasteiger partial charge in [-0.15, -0.1) is 5.10 Å². The van der Waals surface area contributed by atoms with Crippen molar-refractivity contribution in [2.75, 3.05) is 5.73 Å². The normalized spacial score (nSPS) is 10.2. The molecular weight excluding hydrogens is 168 g/mol. The van der Waals surface area contributed by atoms with Crippen molar-refractivity contribution in [2.24, 2.45) is 7.05 Å². The van der Waals surface area contributed by atoms with E-state index in [1.807, 2.05) is 0 Å². The highest BCUT2D eigenvalue weighted by molar-refractivity contribution is 5.49. The van der Waals surface area contributed by atoms with E-state index < -0.39 is 0 Å². The quantitative estimate of drug-likeness (QED) is 0.653. The van der Waals surface area contributed by atoms with Gasteiger partial charge < -0.3 is 5.73 Å². The minimum absolute atomic E-state index is 0.436. The Morgan fingerprint density at radius 3 is 2.92 bits per heavy atom. The number of nitrogens with two attached hydrogens (primary N) is 1. The molecule has 6 nitrogen and oxygen atoms in total. The van der Waals surface area contributed by atoms with Gasteiger partial charge in [-0.1, -0.05) is 5.21 Å². The van der Waals surface area contributed by atoms with Gasteiger partial charge in [-0.3, -0.25) is 0 Å². The van der Waals surface area contributed by atoms with Crippen LogP contribution in [0.1, 0.15) is 0 Å². The van der Waals surface area contributed by atoms with Gasteiger partial charge in [-0.05, 0) is 6.07 Å². The van der Waals surface area contributed by atoms with Crippen LogP contribution in [0.3, 0.4) is 0 Å². The number of aryl methyl sites for hydroxylation is 1. The SMILES string of the molecule is Cn1nncc1-c1nccc(N)n1. The molecule has 0 saturated carbocycles. The van der Waals surface area contributed by atoms with E-state index in [0.717, 1.165) is 5.69 Å². The summed E-state index contributed by atoms with van der Waals surface area (Å²) in [4.78, 5) is 8.09. The third-order valence-corrected chi connectivity index (χ3v) is 1.62. The summed E-state index contributed by atoms with van der Waals surface area (Å²) >= 11 is 0. The fourth-order valence-electron chi connectivity index (χ4n) is 0.988. The largest absolute Gasteiger partial charge is 0.384 e. The first-order valence-electron chi connectivity index (χ1n) is 3.71. The van der Waals surface area contributed by atoms with E-state index in [0.29, 0.717) is 11.6 Å². The Bertz CT molecular complexity index is 420. The van der Waals surface area contributed by atoms with Crippen LogP contribution in [-0.4, -0.2) is 25.0 Å². The van der Waals surface area contributed by atoms with E-state index in [1.54, 1.807) is 30.2 Å². The maximum absolute atomic E-state index is 5.51. The minimum Gasteiger partial charge on any atom is -0.384 e. The fraction of sp³-hybridized carbons (Fsp3) is 0.143. The van der Waals surface area contributed by atoms with Gasteiger partial charge in [-0.25, -0.2) is 14.6 Å². The van der Waals surface area contributed by atoms with Gasteiger partial charge in [0.2, 0.25) is 0 Å². The molecule has 66 valence electrons. The van der Waals surface area contributed by atoms with Crippen LogP contribution < -0.4 is 5.73 Å². The van der Waals surface area contributed by atoms with Crippen LogP contribution in [0.2, 0.25) is 0 Å². The summed E-state index contributed by atoms with van der Waals surface area (Å²) in [6.07, 6.45) is 3.19. The number of rotatable bonds is 1. The molecule has 0 aliphatic heterocycles. The lowest BCUT2D eigenvalue weighted by atomic mass is 10.4. The van der Waals surface area contributed by atoms with Gasteiger partial charge in [0.1, 0.15) is 11.5 Å². The van der Waals surface area contributed by atoms with Crippen molar-refractivity contribution in [1.29, 1.82) is 0 Å². The van der Waals surface area contributed by atoms with Gasteiger partial charge in [0.05, 0.1) is 6.20 Å². The molecule has 13 heavy (non-hydrogen) atoms. The highest BCUT2D eigenvalue weighted by Gasteiger charge is 2.05. The third kappa shape index (κ3) is 1.33. The van der Waals surface area contributed by atoms with Crippen molar-refractivity contribution in [3.05, 3.63) is 18.5 Å². The lowest BCUT2D eigenvalue weighted by Gasteiger charge is -1.98.